The zero-order valence-electron chi connectivity index (χ0n) is 12.5. The van der Waals surface area contributed by atoms with Crippen molar-refractivity contribution in [3.63, 3.8) is 0 Å². The first-order chi connectivity index (χ1) is 10.2. The Balaban J connectivity index is 1.88. The number of nitrogens with zero attached hydrogens (tertiary/aromatic N) is 1. The number of hydrogen-bond acceptors (Lipinski definition) is 3. The van der Waals surface area contributed by atoms with E-state index in [1.165, 1.54) is 5.56 Å². The standard InChI is InChI=1S/C18H22N2O/c1-2-20(14-15-6-4-3-5-7-15)13-12-18(21)16-8-10-17(19)11-9-16/h3-11H,2,12-14,19H2,1H3. The Bertz CT molecular complexity index is 564. The number of Topliss-reactive ketones (excluding diaryl/α,β-unsaturated/α-hetero) is 1. The lowest BCUT2D eigenvalue weighted by Gasteiger charge is -2.20. The lowest BCUT2D eigenvalue weighted by Crippen LogP contribution is -2.25. The summed E-state index contributed by atoms with van der Waals surface area (Å²) in [5.74, 6) is 0.168. The average molecular weight is 282 g/mol. The van der Waals surface area contributed by atoms with Gasteiger partial charge in [0.25, 0.3) is 0 Å². The molecule has 21 heavy (non-hydrogen) atoms. The third-order valence-corrected chi connectivity index (χ3v) is 3.58. The third kappa shape index (κ3) is 4.72. The van der Waals surface area contributed by atoms with Crippen molar-refractivity contribution in [3.8, 4) is 0 Å². The lowest BCUT2D eigenvalue weighted by molar-refractivity contribution is 0.0963. The van der Waals surface area contributed by atoms with Crippen LogP contribution >= 0.6 is 0 Å². The van der Waals surface area contributed by atoms with Gasteiger partial charge < -0.3 is 5.73 Å². The summed E-state index contributed by atoms with van der Waals surface area (Å²) in [5.41, 5.74) is 8.34. The summed E-state index contributed by atoms with van der Waals surface area (Å²) in [6.45, 7) is 4.71. The van der Waals surface area contributed by atoms with Gasteiger partial charge in [0.2, 0.25) is 0 Å². The molecular formula is C18H22N2O. The average Bonchev–Trinajstić information content (AvgIpc) is 2.52. The van der Waals surface area contributed by atoms with Gasteiger partial charge in [-0.05, 0) is 36.4 Å². The molecule has 2 N–H and O–H groups in total. The summed E-state index contributed by atoms with van der Waals surface area (Å²) in [4.78, 5) is 14.4. The minimum atomic E-state index is 0.168. The molecule has 0 unspecified atom stereocenters. The molecule has 0 saturated carbocycles. The number of ketones is 1. The van der Waals surface area contributed by atoms with Crippen molar-refractivity contribution in [1.29, 1.82) is 0 Å². The van der Waals surface area contributed by atoms with E-state index in [9.17, 15) is 4.79 Å². The Morgan fingerprint density at radius 1 is 1.05 bits per heavy atom. The summed E-state index contributed by atoms with van der Waals surface area (Å²) in [5, 5.41) is 0. The van der Waals surface area contributed by atoms with Crippen LogP contribution in [0.4, 0.5) is 5.69 Å². The van der Waals surface area contributed by atoms with Gasteiger partial charge in [-0.2, -0.15) is 0 Å². The Labute approximate surface area is 126 Å². The molecule has 2 rings (SSSR count). The van der Waals surface area contributed by atoms with Crippen LogP contribution in [0.1, 0.15) is 29.3 Å². The van der Waals surface area contributed by atoms with E-state index >= 15 is 0 Å². The second kappa shape index (κ2) is 7.60. The highest BCUT2D eigenvalue weighted by Gasteiger charge is 2.09. The maximum Gasteiger partial charge on any atom is 0.164 e. The van der Waals surface area contributed by atoms with Gasteiger partial charge in [-0.1, -0.05) is 37.3 Å². The number of rotatable bonds is 7. The van der Waals surface area contributed by atoms with Gasteiger partial charge in [0, 0.05) is 30.8 Å². The molecule has 0 aliphatic rings. The minimum Gasteiger partial charge on any atom is -0.399 e. The molecule has 0 amide bonds. The second-order valence-corrected chi connectivity index (χ2v) is 5.15. The molecule has 0 spiro atoms. The summed E-state index contributed by atoms with van der Waals surface area (Å²) in [6.07, 6.45) is 0.532. The van der Waals surface area contributed by atoms with Crippen LogP contribution in [0.25, 0.3) is 0 Å². The maximum absolute atomic E-state index is 12.2. The summed E-state index contributed by atoms with van der Waals surface area (Å²) >= 11 is 0. The van der Waals surface area contributed by atoms with E-state index in [1.54, 1.807) is 24.3 Å². The monoisotopic (exact) mass is 282 g/mol. The van der Waals surface area contributed by atoms with Crippen LogP contribution in [-0.4, -0.2) is 23.8 Å². The lowest BCUT2D eigenvalue weighted by atomic mass is 10.1. The Morgan fingerprint density at radius 2 is 1.71 bits per heavy atom. The van der Waals surface area contributed by atoms with Crippen molar-refractivity contribution in [3.05, 3.63) is 65.7 Å². The van der Waals surface area contributed by atoms with E-state index in [2.05, 4.69) is 24.0 Å². The van der Waals surface area contributed by atoms with Crippen molar-refractivity contribution < 1.29 is 4.79 Å². The molecule has 0 saturated heterocycles. The predicted octanol–water partition coefficient (Wildman–Crippen LogP) is 3.36. The Hall–Kier alpha value is -2.13. The van der Waals surface area contributed by atoms with Crippen molar-refractivity contribution in [1.82, 2.24) is 4.90 Å². The zero-order chi connectivity index (χ0) is 15.1. The number of anilines is 1. The van der Waals surface area contributed by atoms with Crippen LogP contribution in [0, 0.1) is 0 Å². The van der Waals surface area contributed by atoms with E-state index in [-0.39, 0.29) is 5.78 Å². The number of hydrogen-bond donors (Lipinski definition) is 1. The fraction of sp³-hybridized carbons (Fsp3) is 0.278. The van der Waals surface area contributed by atoms with E-state index in [1.807, 2.05) is 18.2 Å². The quantitative estimate of drug-likeness (QED) is 0.625. The van der Waals surface area contributed by atoms with Crippen molar-refractivity contribution >= 4 is 11.5 Å². The maximum atomic E-state index is 12.2. The summed E-state index contributed by atoms with van der Waals surface area (Å²) < 4.78 is 0. The second-order valence-electron chi connectivity index (χ2n) is 5.15. The first kappa shape index (κ1) is 15.3. The first-order valence-corrected chi connectivity index (χ1v) is 7.34. The van der Waals surface area contributed by atoms with Gasteiger partial charge in [-0.3, -0.25) is 9.69 Å². The molecule has 0 aliphatic carbocycles. The van der Waals surface area contributed by atoms with E-state index in [0.29, 0.717) is 12.1 Å². The summed E-state index contributed by atoms with van der Waals surface area (Å²) in [6, 6.07) is 17.5. The van der Waals surface area contributed by atoms with Crippen molar-refractivity contribution in [2.24, 2.45) is 0 Å². The van der Waals surface area contributed by atoms with Gasteiger partial charge >= 0.3 is 0 Å². The largest absolute Gasteiger partial charge is 0.399 e. The van der Waals surface area contributed by atoms with E-state index < -0.39 is 0 Å². The normalized spacial score (nSPS) is 10.8. The fourth-order valence-corrected chi connectivity index (χ4v) is 2.26. The van der Waals surface area contributed by atoms with Crippen molar-refractivity contribution in [2.45, 2.75) is 19.9 Å². The van der Waals surface area contributed by atoms with E-state index in [4.69, 9.17) is 5.73 Å². The van der Waals surface area contributed by atoms with Crippen LogP contribution in [0.3, 0.4) is 0 Å². The molecule has 0 radical (unpaired) electrons. The number of nitrogens with two attached hydrogens (primary N) is 1. The Morgan fingerprint density at radius 3 is 2.33 bits per heavy atom. The van der Waals surface area contributed by atoms with Gasteiger partial charge in [-0.15, -0.1) is 0 Å². The Kier molecular flexibility index (Phi) is 5.52. The van der Waals surface area contributed by atoms with E-state index in [0.717, 1.165) is 25.2 Å². The minimum absolute atomic E-state index is 0.168. The number of carbonyl (C=O) groups excluding carboxylic acids is 1. The first-order valence-electron chi connectivity index (χ1n) is 7.34. The van der Waals surface area contributed by atoms with Crippen molar-refractivity contribution in [2.75, 3.05) is 18.8 Å². The number of benzene rings is 2. The smallest absolute Gasteiger partial charge is 0.164 e. The topological polar surface area (TPSA) is 46.3 Å². The molecule has 110 valence electrons. The van der Waals surface area contributed by atoms with Crippen LogP contribution in [-0.2, 0) is 6.54 Å². The zero-order valence-corrected chi connectivity index (χ0v) is 12.5. The molecule has 0 heterocycles. The van der Waals surface area contributed by atoms with Gasteiger partial charge in [0.05, 0.1) is 0 Å². The van der Waals surface area contributed by atoms with Gasteiger partial charge in [-0.25, -0.2) is 0 Å². The predicted molar refractivity (Wildman–Crippen MR) is 87.2 cm³/mol. The van der Waals surface area contributed by atoms with Crippen LogP contribution in [0.2, 0.25) is 0 Å². The molecule has 3 heteroatoms. The molecule has 0 fully saturated rings. The highest BCUT2D eigenvalue weighted by Crippen LogP contribution is 2.10. The number of nitrogen functional groups attached to an aromatic ring is 1. The molecule has 2 aromatic rings. The molecule has 0 bridgehead atoms. The number of carbonyl (C=O) groups is 1. The SMILES string of the molecule is CCN(CCC(=O)c1ccc(N)cc1)Cc1ccccc1. The highest BCUT2D eigenvalue weighted by atomic mass is 16.1. The summed E-state index contributed by atoms with van der Waals surface area (Å²) in [7, 11) is 0. The molecular weight excluding hydrogens is 260 g/mol. The molecule has 3 nitrogen and oxygen atoms in total. The highest BCUT2D eigenvalue weighted by molar-refractivity contribution is 5.96. The molecule has 2 aromatic carbocycles. The van der Waals surface area contributed by atoms with Crippen LogP contribution in [0.5, 0.6) is 0 Å². The van der Waals surface area contributed by atoms with Gasteiger partial charge in [0.1, 0.15) is 0 Å². The van der Waals surface area contributed by atoms with Crippen LogP contribution < -0.4 is 5.73 Å². The third-order valence-electron chi connectivity index (χ3n) is 3.58. The molecule has 0 aromatic heterocycles. The fourth-order valence-electron chi connectivity index (χ4n) is 2.26. The molecule has 0 aliphatic heterocycles. The van der Waals surface area contributed by atoms with Gasteiger partial charge in [0.15, 0.2) is 5.78 Å². The molecule has 0 atom stereocenters. The van der Waals surface area contributed by atoms with Crippen LogP contribution in [0.15, 0.2) is 54.6 Å².